The van der Waals surface area contributed by atoms with Gasteiger partial charge in [0.25, 0.3) is 0 Å². The zero-order chi connectivity index (χ0) is 11.1. The Morgan fingerprint density at radius 3 is 3.13 bits per heavy atom. The summed E-state index contributed by atoms with van der Waals surface area (Å²) in [5.74, 6) is 3.00. The Balaban J connectivity index is 2.29. The van der Waals surface area contributed by atoms with Gasteiger partial charge < -0.3 is 15.8 Å². The number of thioether (sulfide) groups is 1. The average Bonchev–Trinajstić information content (AvgIpc) is 2.29. The minimum absolute atomic E-state index is 0.246. The molecule has 0 aliphatic carbocycles. The van der Waals surface area contributed by atoms with E-state index in [0.717, 1.165) is 32.5 Å². The van der Waals surface area contributed by atoms with Gasteiger partial charge in [0.2, 0.25) is 0 Å². The largest absolute Gasteiger partial charge is 0.409 e. The number of piperidine rings is 1. The fourth-order valence-corrected chi connectivity index (χ4v) is 2.60. The summed E-state index contributed by atoms with van der Waals surface area (Å²) in [6.45, 7) is 5.40. The van der Waals surface area contributed by atoms with E-state index in [1.54, 1.807) is 0 Å². The Morgan fingerprint density at radius 2 is 2.47 bits per heavy atom. The van der Waals surface area contributed by atoms with Crippen LogP contribution in [-0.2, 0) is 0 Å². The Morgan fingerprint density at radius 1 is 1.67 bits per heavy atom. The number of nitrogens with two attached hydrogens (primary N) is 1. The molecule has 0 aromatic rings. The van der Waals surface area contributed by atoms with E-state index in [2.05, 4.69) is 17.0 Å². The minimum atomic E-state index is 0.246. The Labute approximate surface area is 95.9 Å². The molecule has 1 saturated heterocycles. The molecule has 3 N–H and O–H groups in total. The molecule has 0 aromatic heterocycles. The number of nitrogens with zero attached hydrogens (tertiary/aromatic N) is 2. The van der Waals surface area contributed by atoms with Gasteiger partial charge in [-0.05, 0) is 25.1 Å². The van der Waals surface area contributed by atoms with Crippen LogP contribution in [0.3, 0.4) is 0 Å². The predicted octanol–water partition coefficient (Wildman–Crippen LogP) is 1.20. The van der Waals surface area contributed by atoms with Gasteiger partial charge in [0.1, 0.15) is 5.84 Å². The van der Waals surface area contributed by atoms with Gasteiger partial charge in [-0.2, -0.15) is 11.8 Å². The molecule has 1 aliphatic rings. The standard InChI is InChI=1S/C10H21N3OS/c1-2-15-7-6-13-5-3-4-9(8-13)10(11)12-14/h9,14H,2-8H2,1H3,(H2,11,12). The molecule has 1 fully saturated rings. The van der Waals surface area contributed by atoms with E-state index in [4.69, 9.17) is 10.9 Å². The van der Waals surface area contributed by atoms with Crippen LogP contribution in [0.1, 0.15) is 19.8 Å². The van der Waals surface area contributed by atoms with Crippen molar-refractivity contribution in [2.24, 2.45) is 16.8 Å². The highest BCUT2D eigenvalue weighted by atomic mass is 32.2. The summed E-state index contributed by atoms with van der Waals surface area (Å²) in [5.41, 5.74) is 5.63. The monoisotopic (exact) mass is 231 g/mol. The first-order valence-corrected chi connectivity index (χ1v) is 6.71. The zero-order valence-corrected chi connectivity index (χ0v) is 10.2. The lowest BCUT2D eigenvalue weighted by Crippen LogP contribution is -2.42. The Bertz CT molecular complexity index is 211. The number of oxime groups is 1. The second-order valence-corrected chi connectivity index (χ2v) is 5.26. The Hall–Kier alpha value is -0.420. The molecule has 0 amide bonds. The first-order chi connectivity index (χ1) is 7.27. The summed E-state index contributed by atoms with van der Waals surface area (Å²) >= 11 is 1.96. The third kappa shape index (κ3) is 4.30. The minimum Gasteiger partial charge on any atom is -0.409 e. The second kappa shape index (κ2) is 6.95. The summed E-state index contributed by atoms with van der Waals surface area (Å²) in [5, 5.41) is 11.7. The first-order valence-electron chi connectivity index (χ1n) is 5.55. The molecule has 1 rings (SSSR count). The lowest BCUT2D eigenvalue weighted by atomic mass is 9.97. The highest BCUT2D eigenvalue weighted by Crippen LogP contribution is 2.16. The molecule has 4 nitrogen and oxygen atoms in total. The maximum Gasteiger partial charge on any atom is 0.143 e. The predicted molar refractivity (Wildman–Crippen MR) is 65.6 cm³/mol. The van der Waals surface area contributed by atoms with Crippen molar-refractivity contribution in [3.63, 3.8) is 0 Å². The highest BCUT2D eigenvalue weighted by molar-refractivity contribution is 7.99. The molecule has 0 radical (unpaired) electrons. The molecule has 0 bridgehead atoms. The quantitative estimate of drug-likeness (QED) is 0.245. The van der Waals surface area contributed by atoms with Crippen molar-refractivity contribution in [2.45, 2.75) is 19.8 Å². The van der Waals surface area contributed by atoms with Crippen molar-refractivity contribution in [2.75, 3.05) is 31.1 Å². The van der Waals surface area contributed by atoms with Crippen LogP contribution < -0.4 is 5.73 Å². The Kier molecular flexibility index (Phi) is 5.86. The van der Waals surface area contributed by atoms with Gasteiger partial charge in [-0.3, -0.25) is 0 Å². The van der Waals surface area contributed by atoms with Gasteiger partial charge in [-0.1, -0.05) is 12.1 Å². The third-order valence-electron chi connectivity index (χ3n) is 2.80. The van der Waals surface area contributed by atoms with Crippen LogP contribution in [0.15, 0.2) is 5.16 Å². The van der Waals surface area contributed by atoms with E-state index in [1.807, 2.05) is 11.8 Å². The van der Waals surface area contributed by atoms with Crippen molar-refractivity contribution in [3.8, 4) is 0 Å². The summed E-state index contributed by atoms with van der Waals surface area (Å²) in [7, 11) is 0. The summed E-state index contributed by atoms with van der Waals surface area (Å²) < 4.78 is 0. The van der Waals surface area contributed by atoms with Gasteiger partial charge in [-0.25, -0.2) is 0 Å². The van der Waals surface area contributed by atoms with Crippen molar-refractivity contribution in [3.05, 3.63) is 0 Å². The molecule has 88 valence electrons. The van der Waals surface area contributed by atoms with Crippen LogP contribution in [0.25, 0.3) is 0 Å². The number of likely N-dealkylation sites (tertiary alicyclic amines) is 1. The van der Waals surface area contributed by atoms with Gasteiger partial charge in [-0.15, -0.1) is 0 Å². The van der Waals surface area contributed by atoms with Crippen LogP contribution in [0, 0.1) is 5.92 Å². The normalized spacial score (nSPS) is 24.3. The van der Waals surface area contributed by atoms with Gasteiger partial charge in [0, 0.05) is 24.8 Å². The summed E-state index contributed by atoms with van der Waals surface area (Å²) in [4.78, 5) is 2.41. The lowest BCUT2D eigenvalue weighted by molar-refractivity contribution is 0.211. The van der Waals surface area contributed by atoms with Crippen LogP contribution in [0.4, 0.5) is 0 Å². The number of hydrogen-bond acceptors (Lipinski definition) is 4. The fourth-order valence-electron chi connectivity index (χ4n) is 1.92. The molecule has 0 saturated carbocycles. The van der Waals surface area contributed by atoms with E-state index >= 15 is 0 Å². The van der Waals surface area contributed by atoms with Crippen LogP contribution in [-0.4, -0.2) is 47.1 Å². The van der Waals surface area contributed by atoms with E-state index in [0.29, 0.717) is 5.84 Å². The van der Waals surface area contributed by atoms with Gasteiger partial charge >= 0.3 is 0 Å². The summed E-state index contributed by atoms with van der Waals surface area (Å²) in [6, 6.07) is 0. The molecular weight excluding hydrogens is 210 g/mol. The first kappa shape index (κ1) is 12.6. The van der Waals surface area contributed by atoms with E-state index < -0.39 is 0 Å². The maximum atomic E-state index is 8.63. The lowest BCUT2D eigenvalue weighted by Gasteiger charge is -2.31. The van der Waals surface area contributed by atoms with E-state index in [1.165, 1.54) is 11.5 Å². The zero-order valence-electron chi connectivity index (χ0n) is 9.35. The molecular formula is C10H21N3OS. The molecule has 5 heteroatoms. The summed E-state index contributed by atoms with van der Waals surface area (Å²) in [6.07, 6.45) is 2.20. The SMILES string of the molecule is CCSCCN1CCCC(C(N)=NO)C1. The number of rotatable bonds is 5. The number of hydrogen-bond donors (Lipinski definition) is 2. The molecule has 1 aliphatic heterocycles. The molecule has 15 heavy (non-hydrogen) atoms. The van der Waals surface area contributed by atoms with Crippen LogP contribution >= 0.6 is 11.8 Å². The smallest absolute Gasteiger partial charge is 0.143 e. The topological polar surface area (TPSA) is 61.8 Å². The molecule has 0 aromatic carbocycles. The van der Waals surface area contributed by atoms with Crippen molar-refractivity contribution in [1.82, 2.24) is 4.90 Å². The van der Waals surface area contributed by atoms with Crippen molar-refractivity contribution in [1.29, 1.82) is 0 Å². The van der Waals surface area contributed by atoms with Gasteiger partial charge in [0.05, 0.1) is 0 Å². The van der Waals surface area contributed by atoms with Crippen LogP contribution in [0.2, 0.25) is 0 Å². The van der Waals surface area contributed by atoms with Gasteiger partial charge in [0.15, 0.2) is 0 Å². The number of amidine groups is 1. The second-order valence-electron chi connectivity index (χ2n) is 3.86. The molecule has 1 heterocycles. The van der Waals surface area contributed by atoms with Crippen molar-refractivity contribution < 1.29 is 5.21 Å². The average molecular weight is 231 g/mol. The molecule has 0 spiro atoms. The van der Waals surface area contributed by atoms with E-state index in [-0.39, 0.29) is 5.92 Å². The van der Waals surface area contributed by atoms with Crippen LogP contribution in [0.5, 0.6) is 0 Å². The molecule has 1 unspecified atom stereocenters. The molecule has 1 atom stereocenters. The highest BCUT2D eigenvalue weighted by Gasteiger charge is 2.22. The van der Waals surface area contributed by atoms with E-state index in [9.17, 15) is 0 Å². The maximum absolute atomic E-state index is 8.63. The fraction of sp³-hybridized carbons (Fsp3) is 0.900. The van der Waals surface area contributed by atoms with Crippen molar-refractivity contribution >= 4 is 17.6 Å². The third-order valence-corrected chi connectivity index (χ3v) is 3.67.